The molecule has 2 aliphatic rings. The van der Waals surface area contributed by atoms with Crippen molar-refractivity contribution in [3.05, 3.63) is 29.8 Å². The van der Waals surface area contributed by atoms with Crippen LogP contribution < -0.4 is 10.1 Å². The number of hydrogen-bond acceptors (Lipinski definition) is 3. The zero-order valence-corrected chi connectivity index (χ0v) is 11.5. The molecule has 20 heavy (non-hydrogen) atoms. The van der Waals surface area contributed by atoms with Crippen LogP contribution in [0.2, 0.25) is 0 Å². The van der Waals surface area contributed by atoms with E-state index in [1.54, 1.807) is 7.11 Å². The first kappa shape index (κ1) is 13.0. The molecule has 0 radical (unpaired) electrons. The van der Waals surface area contributed by atoms with Crippen LogP contribution in [0.1, 0.15) is 18.4 Å². The minimum absolute atomic E-state index is 0.0422. The molecule has 0 aliphatic carbocycles. The van der Waals surface area contributed by atoms with Gasteiger partial charge in [0.1, 0.15) is 5.75 Å². The predicted octanol–water partition coefficient (Wildman–Crippen LogP) is 0.727. The molecular formula is C15H18N2O3. The summed E-state index contributed by atoms with van der Waals surface area (Å²) in [5.41, 5.74) is 0.940. The molecule has 5 nitrogen and oxygen atoms in total. The maximum absolute atomic E-state index is 12.4. The summed E-state index contributed by atoms with van der Waals surface area (Å²) in [6, 6.07) is 7.74. The van der Waals surface area contributed by atoms with Gasteiger partial charge in [0.2, 0.25) is 11.8 Å². The highest BCUT2D eigenvalue weighted by atomic mass is 16.5. The minimum atomic E-state index is 0.0422. The van der Waals surface area contributed by atoms with Gasteiger partial charge < -0.3 is 15.0 Å². The number of fused-ring (bicyclic) bond motifs is 1. The molecule has 0 saturated carbocycles. The summed E-state index contributed by atoms with van der Waals surface area (Å²) in [5.74, 6) is 0.897. The first-order chi connectivity index (χ1) is 9.67. The van der Waals surface area contributed by atoms with Crippen molar-refractivity contribution in [1.82, 2.24) is 10.2 Å². The van der Waals surface area contributed by atoms with Crippen LogP contribution in [-0.2, 0) is 16.0 Å². The second-order valence-corrected chi connectivity index (χ2v) is 5.35. The summed E-state index contributed by atoms with van der Waals surface area (Å²) in [4.78, 5) is 25.7. The van der Waals surface area contributed by atoms with Gasteiger partial charge in [0.25, 0.3) is 0 Å². The molecule has 2 amide bonds. The molecule has 2 saturated heterocycles. The Balaban J connectivity index is 1.68. The van der Waals surface area contributed by atoms with E-state index >= 15 is 0 Å². The molecule has 1 aromatic carbocycles. The maximum atomic E-state index is 12.4. The van der Waals surface area contributed by atoms with Gasteiger partial charge in [0.05, 0.1) is 25.6 Å². The second kappa shape index (κ2) is 5.15. The highest BCUT2D eigenvalue weighted by molar-refractivity contribution is 5.84. The quantitative estimate of drug-likeness (QED) is 0.884. The fraction of sp³-hybridized carbons (Fsp3) is 0.467. The van der Waals surface area contributed by atoms with E-state index in [0.29, 0.717) is 12.8 Å². The van der Waals surface area contributed by atoms with Gasteiger partial charge in [-0.25, -0.2) is 0 Å². The summed E-state index contributed by atoms with van der Waals surface area (Å²) in [5, 5.41) is 2.93. The van der Waals surface area contributed by atoms with E-state index in [1.807, 2.05) is 29.2 Å². The Morgan fingerprint density at radius 1 is 1.50 bits per heavy atom. The summed E-state index contributed by atoms with van der Waals surface area (Å²) >= 11 is 0. The van der Waals surface area contributed by atoms with Crippen molar-refractivity contribution in [2.75, 3.05) is 13.7 Å². The first-order valence-electron chi connectivity index (χ1n) is 6.89. The number of nitrogens with one attached hydrogen (secondary N) is 1. The van der Waals surface area contributed by atoms with Crippen LogP contribution in [0.5, 0.6) is 5.75 Å². The standard InChI is InChI=1S/C15H18N2O3/c1-20-11-4-2-3-10(7-11)8-15(19)17-6-5-12-13(17)9-14(18)16-12/h2-4,7,12-13H,5-6,8-9H2,1H3,(H,16,18)/t12-,13-/m0/s1. The van der Waals surface area contributed by atoms with Crippen molar-refractivity contribution in [3.63, 3.8) is 0 Å². The largest absolute Gasteiger partial charge is 0.497 e. The molecule has 0 bridgehead atoms. The Morgan fingerprint density at radius 3 is 3.15 bits per heavy atom. The van der Waals surface area contributed by atoms with E-state index in [9.17, 15) is 9.59 Å². The van der Waals surface area contributed by atoms with Crippen LogP contribution in [0.3, 0.4) is 0 Å². The number of benzene rings is 1. The monoisotopic (exact) mass is 274 g/mol. The summed E-state index contributed by atoms with van der Waals surface area (Å²) < 4.78 is 5.17. The Labute approximate surface area is 117 Å². The summed E-state index contributed by atoms with van der Waals surface area (Å²) in [6.07, 6.45) is 1.66. The van der Waals surface area contributed by atoms with E-state index in [0.717, 1.165) is 24.3 Å². The molecule has 1 aromatic rings. The Kier molecular flexibility index (Phi) is 3.34. The number of rotatable bonds is 3. The van der Waals surface area contributed by atoms with Gasteiger partial charge in [0, 0.05) is 13.0 Å². The molecule has 0 unspecified atom stereocenters. The number of carbonyl (C=O) groups is 2. The van der Waals surface area contributed by atoms with Gasteiger partial charge >= 0.3 is 0 Å². The zero-order chi connectivity index (χ0) is 14.1. The molecule has 2 aliphatic heterocycles. The third-order valence-electron chi connectivity index (χ3n) is 4.10. The number of hydrogen-bond donors (Lipinski definition) is 1. The molecule has 3 rings (SSSR count). The zero-order valence-electron chi connectivity index (χ0n) is 11.5. The molecule has 2 heterocycles. The molecular weight excluding hydrogens is 256 g/mol. The van der Waals surface area contributed by atoms with Gasteiger partial charge in [-0.05, 0) is 24.1 Å². The average Bonchev–Trinajstić information content (AvgIpc) is 2.97. The van der Waals surface area contributed by atoms with E-state index in [4.69, 9.17) is 4.74 Å². The van der Waals surface area contributed by atoms with E-state index in [2.05, 4.69) is 5.32 Å². The lowest BCUT2D eigenvalue weighted by molar-refractivity contribution is -0.131. The number of carbonyl (C=O) groups excluding carboxylic acids is 2. The second-order valence-electron chi connectivity index (χ2n) is 5.35. The fourth-order valence-electron chi connectivity index (χ4n) is 3.10. The summed E-state index contributed by atoms with van der Waals surface area (Å²) in [7, 11) is 1.61. The van der Waals surface area contributed by atoms with Gasteiger partial charge in [0.15, 0.2) is 0 Å². The van der Waals surface area contributed by atoms with Crippen molar-refractivity contribution in [1.29, 1.82) is 0 Å². The Morgan fingerprint density at radius 2 is 2.35 bits per heavy atom. The first-order valence-corrected chi connectivity index (χ1v) is 6.89. The number of amides is 2. The van der Waals surface area contributed by atoms with Gasteiger partial charge in [-0.2, -0.15) is 0 Å². The van der Waals surface area contributed by atoms with Gasteiger partial charge in [-0.1, -0.05) is 12.1 Å². The van der Waals surface area contributed by atoms with Crippen LogP contribution in [0.25, 0.3) is 0 Å². The predicted molar refractivity (Wildman–Crippen MR) is 73.4 cm³/mol. The number of nitrogens with zero attached hydrogens (tertiary/aromatic N) is 1. The molecule has 0 aromatic heterocycles. The van der Waals surface area contributed by atoms with Crippen LogP contribution in [-0.4, -0.2) is 42.5 Å². The summed E-state index contributed by atoms with van der Waals surface area (Å²) in [6.45, 7) is 0.735. The van der Waals surface area contributed by atoms with Gasteiger partial charge in [-0.15, -0.1) is 0 Å². The number of methoxy groups -OCH3 is 1. The Bertz CT molecular complexity index is 544. The SMILES string of the molecule is COc1cccc(CC(=O)N2CC[C@@H]3NC(=O)C[C@@H]32)c1. The number of likely N-dealkylation sites (tertiary alicyclic amines) is 1. The normalized spacial score (nSPS) is 24.4. The highest BCUT2D eigenvalue weighted by Crippen LogP contribution is 2.26. The molecule has 0 spiro atoms. The lowest BCUT2D eigenvalue weighted by Gasteiger charge is -2.22. The van der Waals surface area contributed by atoms with Crippen molar-refractivity contribution < 1.29 is 14.3 Å². The van der Waals surface area contributed by atoms with E-state index in [1.165, 1.54) is 0 Å². The van der Waals surface area contributed by atoms with Crippen LogP contribution >= 0.6 is 0 Å². The Hall–Kier alpha value is -2.04. The van der Waals surface area contributed by atoms with Crippen molar-refractivity contribution >= 4 is 11.8 Å². The highest BCUT2D eigenvalue weighted by Gasteiger charge is 2.43. The number of ether oxygens (including phenoxy) is 1. The van der Waals surface area contributed by atoms with Crippen LogP contribution in [0.4, 0.5) is 0 Å². The van der Waals surface area contributed by atoms with Crippen LogP contribution in [0.15, 0.2) is 24.3 Å². The van der Waals surface area contributed by atoms with E-state index < -0.39 is 0 Å². The lowest BCUT2D eigenvalue weighted by atomic mass is 10.1. The third-order valence-corrected chi connectivity index (χ3v) is 4.10. The molecule has 106 valence electrons. The maximum Gasteiger partial charge on any atom is 0.227 e. The van der Waals surface area contributed by atoms with Crippen molar-refractivity contribution in [3.8, 4) is 5.75 Å². The van der Waals surface area contributed by atoms with Crippen molar-refractivity contribution in [2.45, 2.75) is 31.3 Å². The molecule has 1 N–H and O–H groups in total. The fourth-order valence-corrected chi connectivity index (χ4v) is 3.10. The van der Waals surface area contributed by atoms with E-state index in [-0.39, 0.29) is 23.9 Å². The third kappa shape index (κ3) is 2.35. The average molecular weight is 274 g/mol. The molecule has 5 heteroatoms. The molecule has 2 fully saturated rings. The van der Waals surface area contributed by atoms with Gasteiger partial charge in [-0.3, -0.25) is 9.59 Å². The smallest absolute Gasteiger partial charge is 0.227 e. The molecule has 2 atom stereocenters. The lowest BCUT2D eigenvalue weighted by Crippen LogP contribution is -2.39. The minimum Gasteiger partial charge on any atom is -0.497 e. The van der Waals surface area contributed by atoms with Crippen molar-refractivity contribution in [2.24, 2.45) is 0 Å². The van der Waals surface area contributed by atoms with Crippen LogP contribution in [0, 0.1) is 0 Å². The topological polar surface area (TPSA) is 58.6 Å².